The number of hydrogen-bond donors (Lipinski definition) is 0. The quantitative estimate of drug-likeness (QED) is 0.0846. The number of benzene rings is 4. The fraction of sp³-hybridized carbons (Fsp3) is 0.345. The minimum Gasteiger partial charge on any atom is -1.00 e. The summed E-state index contributed by atoms with van der Waals surface area (Å²) < 4.78 is 2.83. The van der Waals surface area contributed by atoms with Crippen LogP contribution in [-0.4, -0.2) is 7.62 Å². The van der Waals surface area contributed by atoms with Crippen molar-refractivity contribution in [3.63, 3.8) is 0 Å². The van der Waals surface area contributed by atoms with Gasteiger partial charge in [-0.15, -0.1) is 164 Å². The normalized spacial score (nSPS) is 10.0. The van der Waals surface area contributed by atoms with Gasteiger partial charge in [0, 0.05) is 0 Å². The molecule has 4 heteroatoms. The fourth-order valence-corrected chi connectivity index (χ4v) is 7.20. The Labute approximate surface area is 412 Å². The average molecular weight is 936 g/mol. The number of fused-ring (bicyclic) bond motifs is 4. The van der Waals surface area contributed by atoms with Gasteiger partial charge in [-0.3, -0.25) is 0 Å². The van der Waals surface area contributed by atoms with Crippen LogP contribution < -0.4 is 24.8 Å². The molecule has 0 aliphatic carbocycles. The Balaban J connectivity index is 0.000000386. The van der Waals surface area contributed by atoms with Gasteiger partial charge in [-0.05, 0) is 0 Å². The smallest absolute Gasteiger partial charge is 1.00 e. The number of rotatable bonds is 12. The summed E-state index contributed by atoms with van der Waals surface area (Å²) in [6.07, 6.45) is 15.2. The Bertz CT molecular complexity index is 2050. The van der Waals surface area contributed by atoms with E-state index in [-0.39, 0.29) is 24.8 Å². The second kappa shape index (κ2) is 33.6. The van der Waals surface area contributed by atoms with Gasteiger partial charge in [0.1, 0.15) is 0 Å². The molecular formula is C58H72Cl2Ti2-2. The van der Waals surface area contributed by atoms with Gasteiger partial charge >= 0.3 is 75.3 Å². The van der Waals surface area contributed by atoms with E-state index in [0.717, 1.165) is 0 Å². The Kier molecular flexibility index (Phi) is 30.9. The van der Waals surface area contributed by atoms with Gasteiger partial charge in [-0.2, -0.15) is 22.3 Å². The van der Waals surface area contributed by atoms with E-state index in [2.05, 4.69) is 241 Å². The molecule has 0 saturated heterocycles. The van der Waals surface area contributed by atoms with Crippen molar-refractivity contribution in [2.75, 3.05) is 0 Å². The average Bonchev–Trinajstić information content (AvgIpc) is 4.06. The van der Waals surface area contributed by atoms with Crippen LogP contribution in [0.2, 0.25) is 0 Å². The zero-order chi connectivity index (χ0) is 43.5. The molecule has 0 aromatic heterocycles. The van der Waals surface area contributed by atoms with E-state index in [9.17, 15) is 0 Å². The minimum absolute atomic E-state index is 0. The second-order valence-corrected chi connectivity index (χ2v) is 19.3. The van der Waals surface area contributed by atoms with E-state index in [1.54, 1.807) is 0 Å². The Morgan fingerprint density at radius 2 is 0.532 bits per heavy atom. The van der Waals surface area contributed by atoms with E-state index in [1.807, 2.05) is 0 Å². The van der Waals surface area contributed by atoms with E-state index in [0.29, 0.717) is 0 Å². The molecule has 0 fully saturated rings. The summed E-state index contributed by atoms with van der Waals surface area (Å²) in [4.78, 5) is 0. The van der Waals surface area contributed by atoms with Crippen LogP contribution in [0.3, 0.4) is 0 Å². The largest absolute Gasteiger partial charge is 1.00 e. The maximum atomic E-state index is 2.26. The van der Waals surface area contributed by atoms with Crippen LogP contribution in [-0.2, 0) is 65.6 Å². The van der Waals surface area contributed by atoms with Gasteiger partial charge in [0.05, 0.1) is 0 Å². The van der Waals surface area contributed by atoms with Crippen molar-refractivity contribution in [1.29, 1.82) is 0 Å². The maximum Gasteiger partial charge on any atom is -1.00 e. The summed E-state index contributed by atoms with van der Waals surface area (Å²) in [6.45, 7) is 17.3. The van der Waals surface area contributed by atoms with Gasteiger partial charge in [0.15, 0.2) is 0 Å². The molecule has 0 aliphatic rings. The molecule has 0 saturated carbocycles. The number of unbranched alkanes of at least 4 members (excludes halogenated alkanes) is 4. The summed E-state index contributed by atoms with van der Waals surface area (Å²) in [5.74, 6) is 0. The first-order valence-corrected chi connectivity index (χ1v) is 24.3. The molecule has 0 spiro atoms. The van der Waals surface area contributed by atoms with Gasteiger partial charge in [-0.25, -0.2) is 0 Å². The molecule has 62 heavy (non-hydrogen) atoms. The number of hydrogen-bond acceptors (Lipinski definition) is 0. The number of halogens is 2. The first-order valence-electron chi connectivity index (χ1n) is 22.7. The van der Waals surface area contributed by atoms with Gasteiger partial charge in [0.25, 0.3) is 0 Å². The summed E-state index contributed by atoms with van der Waals surface area (Å²) in [6, 6.07) is 52.5. The molecule has 0 N–H and O–H groups in total. The summed E-state index contributed by atoms with van der Waals surface area (Å²) >= 11 is 4.17. The van der Waals surface area contributed by atoms with Crippen LogP contribution in [0, 0.1) is 0 Å². The predicted molar refractivity (Wildman–Crippen MR) is 265 cm³/mol. The third-order valence-corrected chi connectivity index (χ3v) is 10.3. The minimum atomic E-state index is 0. The first-order chi connectivity index (χ1) is 29.1. The zero-order valence-corrected chi connectivity index (χ0v) is 43.7. The molecule has 0 amide bonds. The Morgan fingerprint density at radius 1 is 0.355 bits per heavy atom. The maximum absolute atomic E-state index is 2.26. The zero-order valence-electron chi connectivity index (χ0n) is 39.1. The summed E-state index contributed by atoms with van der Waals surface area (Å²) in [5, 5.41) is 11.3. The van der Waals surface area contributed by atoms with E-state index in [4.69, 9.17) is 0 Å². The number of aryl methyl sites for hydroxylation is 4. The van der Waals surface area contributed by atoms with Crippen molar-refractivity contribution < 1.29 is 64.8 Å². The molecule has 0 bridgehead atoms. The van der Waals surface area contributed by atoms with Gasteiger partial charge in [0.2, 0.25) is 0 Å². The third-order valence-electron chi connectivity index (χ3n) is 10.3. The predicted octanol–water partition coefficient (Wildman–Crippen LogP) is 11.1. The molecular weight excluding hydrogens is 863 g/mol. The van der Waals surface area contributed by atoms with Crippen LogP contribution in [0.1, 0.15) is 129 Å². The third kappa shape index (κ3) is 20.7. The molecule has 0 atom stereocenters. The van der Waals surface area contributed by atoms with Gasteiger partial charge in [-0.1, -0.05) is 129 Å². The summed E-state index contributed by atoms with van der Waals surface area (Å²) in [7, 11) is 0. The fourth-order valence-electron chi connectivity index (χ4n) is 7.20. The molecule has 0 nitrogen and oxygen atoms in total. The molecule has 8 aromatic carbocycles. The van der Waals surface area contributed by atoms with Crippen LogP contribution >= 0.6 is 0 Å². The molecule has 0 aliphatic heterocycles. The van der Waals surface area contributed by atoms with Crippen molar-refractivity contribution >= 4 is 50.7 Å². The van der Waals surface area contributed by atoms with Crippen molar-refractivity contribution in [1.82, 2.24) is 0 Å². The molecule has 8 rings (SSSR count). The van der Waals surface area contributed by atoms with E-state index >= 15 is 0 Å². The molecule has 8 aromatic rings. The van der Waals surface area contributed by atoms with Crippen molar-refractivity contribution in [2.24, 2.45) is 0 Å². The molecule has 0 heterocycles. The molecule has 0 radical (unpaired) electrons. The topological polar surface area (TPSA) is 0 Å². The van der Waals surface area contributed by atoms with Crippen molar-refractivity contribution in [3.05, 3.63) is 168 Å². The molecule has 0 unspecified atom stereocenters. The summed E-state index contributed by atoms with van der Waals surface area (Å²) in [5.41, 5.74) is 6.05. The van der Waals surface area contributed by atoms with Gasteiger partial charge < -0.3 is 24.8 Å². The van der Waals surface area contributed by atoms with E-state index < -0.39 is 0 Å². The molecule has 328 valence electrons. The van der Waals surface area contributed by atoms with Crippen molar-refractivity contribution in [2.45, 2.75) is 132 Å². The van der Waals surface area contributed by atoms with Crippen LogP contribution in [0.4, 0.5) is 0 Å². The Hall–Kier alpha value is -2.93. The second-order valence-electron chi connectivity index (χ2n) is 16.2. The SMILES string of the molecule is CCCCc1c[cH-]c2ccccc12.CCCCc1c[cH-]c2ccccc12.CCCCc1c[cH-]c2ccccc12.CCCCc1c[cH-]c2ccccc12.C[C](C)=[Ti+2].C[C](C)=[Ti+2].[Cl-].[Cl-]. The standard InChI is InChI=1S/4C13H15.2C3H6.2ClH.2Ti/c4*1-2-3-6-11-9-10-12-7-4-5-8-13(11)12;2*1-3-2;;;;/h4*4-5,7-10H,2-3,6H2,1H3;2*1-2H3;2*1H;;/q4*-1;;;;;2*+2/p-2. The van der Waals surface area contributed by atoms with Crippen molar-refractivity contribution in [3.8, 4) is 0 Å². The van der Waals surface area contributed by atoms with Crippen LogP contribution in [0.15, 0.2) is 146 Å². The van der Waals surface area contributed by atoms with Crippen LogP contribution in [0.5, 0.6) is 0 Å². The monoisotopic (exact) mass is 934 g/mol. The first kappa shape index (κ1) is 57.1. The Morgan fingerprint density at radius 3 is 0.710 bits per heavy atom. The van der Waals surface area contributed by atoms with Crippen LogP contribution in [0.25, 0.3) is 43.1 Å². The van der Waals surface area contributed by atoms with E-state index in [1.165, 1.54) is 150 Å².